The molecule has 1 aliphatic rings. The van der Waals surface area contributed by atoms with Crippen molar-refractivity contribution in [1.29, 1.82) is 0 Å². The van der Waals surface area contributed by atoms with Crippen LogP contribution in [-0.2, 0) is 10.2 Å². The number of aryl methyl sites for hydroxylation is 1. The molecule has 0 bridgehead atoms. The Balaban J connectivity index is 2.22. The van der Waals surface area contributed by atoms with E-state index in [2.05, 4.69) is 4.98 Å². The second-order valence-corrected chi connectivity index (χ2v) is 5.33. The van der Waals surface area contributed by atoms with Crippen molar-refractivity contribution in [3.63, 3.8) is 0 Å². The molecule has 4 nitrogen and oxygen atoms in total. The molecule has 0 radical (unpaired) electrons. The van der Waals surface area contributed by atoms with Gasteiger partial charge in [0.1, 0.15) is 5.52 Å². The van der Waals surface area contributed by atoms with Crippen LogP contribution in [0.3, 0.4) is 0 Å². The summed E-state index contributed by atoms with van der Waals surface area (Å²) in [5.41, 5.74) is 1.42. The van der Waals surface area contributed by atoms with Crippen molar-refractivity contribution in [1.82, 2.24) is 4.98 Å². The highest BCUT2D eigenvalue weighted by atomic mass is 16.4. The van der Waals surface area contributed by atoms with Gasteiger partial charge in [0, 0.05) is 6.92 Å². The van der Waals surface area contributed by atoms with Gasteiger partial charge in [-0.2, -0.15) is 0 Å². The highest BCUT2D eigenvalue weighted by Gasteiger charge is 2.43. The quantitative estimate of drug-likeness (QED) is 0.897. The third-order valence-corrected chi connectivity index (χ3v) is 4.16. The molecule has 1 fully saturated rings. The van der Waals surface area contributed by atoms with Crippen LogP contribution in [0, 0.1) is 6.92 Å². The highest BCUT2D eigenvalue weighted by molar-refractivity contribution is 5.89. The molecule has 4 heteroatoms. The lowest BCUT2D eigenvalue weighted by atomic mass is 9.69. The van der Waals surface area contributed by atoms with Crippen LogP contribution >= 0.6 is 0 Å². The Kier molecular flexibility index (Phi) is 2.81. The summed E-state index contributed by atoms with van der Waals surface area (Å²) in [6.07, 6.45) is 4.41. The molecule has 2 aromatic rings. The Morgan fingerprint density at radius 2 is 2.05 bits per heavy atom. The van der Waals surface area contributed by atoms with E-state index in [4.69, 9.17) is 4.42 Å². The summed E-state index contributed by atoms with van der Waals surface area (Å²) in [5.74, 6) is -0.154. The van der Waals surface area contributed by atoms with E-state index in [-0.39, 0.29) is 0 Å². The first-order valence-corrected chi connectivity index (χ1v) is 6.73. The van der Waals surface area contributed by atoms with Crippen LogP contribution in [0.2, 0.25) is 0 Å². The second-order valence-electron chi connectivity index (χ2n) is 5.33. The first kappa shape index (κ1) is 12.2. The molecular formula is C15H17NO3. The van der Waals surface area contributed by atoms with Gasteiger partial charge >= 0.3 is 5.97 Å². The standard InChI is InChI=1S/C15H17NO3/c1-10-16-13-11(6-5-7-12(13)19-10)15(14(17)18)8-3-2-4-9-15/h5-7H,2-4,8-9H2,1H3,(H,17,18). The Hall–Kier alpha value is -1.84. The van der Waals surface area contributed by atoms with Crippen molar-refractivity contribution in [2.45, 2.75) is 44.4 Å². The topological polar surface area (TPSA) is 63.3 Å². The van der Waals surface area contributed by atoms with Crippen molar-refractivity contribution in [2.75, 3.05) is 0 Å². The Morgan fingerprint density at radius 3 is 2.74 bits per heavy atom. The summed E-state index contributed by atoms with van der Waals surface area (Å²) < 4.78 is 5.52. The van der Waals surface area contributed by atoms with Crippen LogP contribution in [0.15, 0.2) is 22.6 Å². The smallest absolute Gasteiger partial charge is 0.314 e. The number of aliphatic carboxylic acids is 1. The lowest BCUT2D eigenvalue weighted by Gasteiger charge is -2.33. The maximum absolute atomic E-state index is 11.9. The van der Waals surface area contributed by atoms with Gasteiger partial charge in [-0.05, 0) is 24.5 Å². The number of rotatable bonds is 2. The van der Waals surface area contributed by atoms with Gasteiger partial charge < -0.3 is 9.52 Å². The van der Waals surface area contributed by atoms with Crippen LogP contribution < -0.4 is 0 Å². The zero-order chi connectivity index (χ0) is 13.5. The Bertz CT molecular complexity index is 623. The molecule has 0 amide bonds. The largest absolute Gasteiger partial charge is 0.481 e. The van der Waals surface area contributed by atoms with Crippen molar-refractivity contribution in [3.05, 3.63) is 29.7 Å². The number of fused-ring (bicyclic) bond motifs is 1. The second kappa shape index (κ2) is 4.37. The van der Waals surface area contributed by atoms with Gasteiger partial charge in [-0.25, -0.2) is 4.98 Å². The number of carbonyl (C=O) groups is 1. The van der Waals surface area contributed by atoms with Crippen molar-refractivity contribution in [2.24, 2.45) is 0 Å². The Labute approximate surface area is 111 Å². The minimum Gasteiger partial charge on any atom is -0.481 e. The lowest BCUT2D eigenvalue weighted by molar-refractivity contribution is -0.145. The molecule has 100 valence electrons. The first-order chi connectivity index (χ1) is 9.13. The average Bonchev–Trinajstić information content (AvgIpc) is 2.79. The third kappa shape index (κ3) is 1.82. The van der Waals surface area contributed by atoms with Gasteiger partial charge in [0.05, 0.1) is 5.41 Å². The van der Waals surface area contributed by atoms with E-state index in [1.165, 1.54) is 0 Å². The van der Waals surface area contributed by atoms with Crippen LogP contribution in [0.4, 0.5) is 0 Å². The fourth-order valence-corrected chi connectivity index (χ4v) is 3.20. The van der Waals surface area contributed by atoms with E-state index in [0.717, 1.165) is 24.8 Å². The zero-order valence-electron chi connectivity index (χ0n) is 11.0. The third-order valence-electron chi connectivity index (χ3n) is 4.16. The molecule has 1 N–H and O–H groups in total. The summed E-state index contributed by atoms with van der Waals surface area (Å²) >= 11 is 0. The number of carboxylic acid groups (broad SMARTS) is 1. The maximum atomic E-state index is 11.9. The SMILES string of the molecule is Cc1nc2c(C3(C(=O)O)CCCCC3)cccc2o1. The molecule has 0 unspecified atom stereocenters. The summed E-state index contributed by atoms with van der Waals surface area (Å²) in [5, 5.41) is 9.75. The van der Waals surface area contributed by atoms with Gasteiger partial charge in [-0.3, -0.25) is 4.79 Å². The molecule has 0 spiro atoms. The molecule has 1 aromatic carbocycles. The van der Waals surface area contributed by atoms with E-state index in [1.807, 2.05) is 18.2 Å². The predicted octanol–water partition coefficient (Wildman–Crippen LogP) is 3.42. The normalized spacial score (nSPS) is 18.6. The molecule has 0 saturated heterocycles. The summed E-state index contributed by atoms with van der Waals surface area (Å²) in [6.45, 7) is 1.79. The first-order valence-electron chi connectivity index (χ1n) is 6.73. The van der Waals surface area contributed by atoms with E-state index >= 15 is 0 Å². The number of para-hydroxylation sites is 1. The molecule has 3 rings (SSSR count). The van der Waals surface area contributed by atoms with Gasteiger partial charge in [0.15, 0.2) is 11.5 Å². The number of carboxylic acids is 1. The van der Waals surface area contributed by atoms with Crippen LogP contribution in [0.5, 0.6) is 0 Å². The van der Waals surface area contributed by atoms with E-state index in [0.29, 0.717) is 29.8 Å². The molecule has 1 aromatic heterocycles. The van der Waals surface area contributed by atoms with Crippen molar-refractivity contribution in [3.8, 4) is 0 Å². The number of nitrogens with zero attached hydrogens (tertiary/aromatic N) is 1. The van der Waals surface area contributed by atoms with Gasteiger partial charge in [0.25, 0.3) is 0 Å². The van der Waals surface area contributed by atoms with E-state index < -0.39 is 11.4 Å². The molecule has 1 heterocycles. The van der Waals surface area contributed by atoms with E-state index in [9.17, 15) is 9.90 Å². The fraction of sp³-hybridized carbons (Fsp3) is 0.467. The summed E-state index contributed by atoms with van der Waals surface area (Å²) in [4.78, 5) is 16.3. The monoisotopic (exact) mass is 259 g/mol. The van der Waals surface area contributed by atoms with Crippen LogP contribution in [0.25, 0.3) is 11.1 Å². The molecule has 0 aliphatic heterocycles. The molecule has 1 saturated carbocycles. The molecule has 1 aliphatic carbocycles. The molecular weight excluding hydrogens is 242 g/mol. The van der Waals surface area contributed by atoms with Gasteiger partial charge in [-0.15, -0.1) is 0 Å². The fourth-order valence-electron chi connectivity index (χ4n) is 3.20. The Morgan fingerprint density at radius 1 is 1.32 bits per heavy atom. The number of hydrogen-bond donors (Lipinski definition) is 1. The minimum absolute atomic E-state index is 0.582. The number of hydrogen-bond acceptors (Lipinski definition) is 3. The number of benzene rings is 1. The van der Waals surface area contributed by atoms with Crippen molar-refractivity contribution >= 4 is 17.1 Å². The van der Waals surface area contributed by atoms with Crippen molar-refractivity contribution < 1.29 is 14.3 Å². The predicted molar refractivity (Wildman–Crippen MR) is 71.1 cm³/mol. The lowest BCUT2D eigenvalue weighted by Crippen LogP contribution is -2.38. The summed E-state index contributed by atoms with van der Waals surface area (Å²) in [7, 11) is 0. The van der Waals surface area contributed by atoms with Crippen LogP contribution in [0.1, 0.15) is 43.6 Å². The minimum atomic E-state index is -0.791. The van der Waals surface area contributed by atoms with Gasteiger partial charge in [0.2, 0.25) is 0 Å². The number of oxazole rings is 1. The van der Waals surface area contributed by atoms with Crippen LogP contribution in [-0.4, -0.2) is 16.1 Å². The number of aromatic nitrogens is 1. The molecule has 0 atom stereocenters. The summed E-state index contributed by atoms with van der Waals surface area (Å²) in [6, 6.07) is 5.60. The highest BCUT2D eigenvalue weighted by Crippen LogP contribution is 2.42. The van der Waals surface area contributed by atoms with E-state index in [1.54, 1.807) is 6.92 Å². The average molecular weight is 259 g/mol. The maximum Gasteiger partial charge on any atom is 0.314 e. The zero-order valence-corrected chi connectivity index (χ0v) is 11.0. The van der Waals surface area contributed by atoms with Gasteiger partial charge in [-0.1, -0.05) is 31.4 Å². The molecule has 19 heavy (non-hydrogen) atoms.